The number of rotatable bonds is 2. The van der Waals surface area contributed by atoms with Gasteiger partial charge in [-0.25, -0.2) is 5.90 Å². The van der Waals surface area contributed by atoms with E-state index < -0.39 is 0 Å². The summed E-state index contributed by atoms with van der Waals surface area (Å²) in [5.74, 6) is 7.72. The van der Waals surface area contributed by atoms with Gasteiger partial charge in [0.15, 0.2) is 0 Å². The van der Waals surface area contributed by atoms with Crippen LogP contribution in [-0.4, -0.2) is 6.61 Å². The summed E-state index contributed by atoms with van der Waals surface area (Å²) in [7, 11) is 0. The molecule has 0 heterocycles. The molecule has 0 aromatic rings. The van der Waals surface area contributed by atoms with E-state index in [1.165, 1.54) is 19.3 Å². The average Bonchev–Trinajstić information content (AvgIpc) is 2.05. The molecule has 2 heteroatoms. The number of hydrogen-bond donors (Lipinski definition) is 1. The minimum Gasteiger partial charge on any atom is -0.304 e. The molecule has 2 bridgehead atoms. The van der Waals surface area contributed by atoms with Crippen molar-refractivity contribution in [1.29, 1.82) is 0 Å². The van der Waals surface area contributed by atoms with E-state index in [0.717, 1.165) is 24.4 Å². The molecule has 0 aliphatic heterocycles. The Morgan fingerprint density at radius 3 is 2.67 bits per heavy atom. The monoisotopic (exact) mass is 169 g/mol. The SMILES string of the molecule is CC1(C)C2CCC(CON)C1C2. The van der Waals surface area contributed by atoms with Crippen LogP contribution in [0.4, 0.5) is 0 Å². The van der Waals surface area contributed by atoms with Gasteiger partial charge in [0.1, 0.15) is 0 Å². The van der Waals surface area contributed by atoms with Crippen LogP contribution in [0.25, 0.3) is 0 Å². The van der Waals surface area contributed by atoms with Crippen molar-refractivity contribution < 1.29 is 4.84 Å². The van der Waals surface area contributed by atoms with Gasteiger partial charge in [-0.2, -0.15) is 0 Å². The maximum atomic E-state index is 5.13. The van der Waals surface area contributed by atoms with Gasteiger partial charge < -0.3 is 4.84 Å². The molecule has 3 aliphatic rings. The van der Waals surface area contributed by atoms with Crippen LogP contribution in [0.5, 0.6) is 0 Å². The van der Waals surface area contributed by atoms with Crippen molar-refractivity contribution in [3.8, 4) is 0 Å². The normalized spacial score (nSPS) is 43.8. The molecule has 0 amide bonds. The largest absolute Gasteiger partial charge is 0.304 e. The van der Waals surface area contributed by atoms with Crippen molar-refractivity contribution in [3.05, 3.63) is 0 Å². The Labute approximate surface area is 74.4 Å². The van der Waals surface area contributed by atoms with Crippen LogP contribution in [0.3, 0.4) is 0 Å². The lowest BCUT2D eigenvalue weighted by molar-refractivity contribution is -0.124. The summed E-state index contributed by atoms with van der Waals surface area (Å²) in [6.07, 6.45) is 4.13. The standard InChI is InChI=1S/C10H19NO/c1-10(2)8-4-3-7(6-12-11)9(10)5-8/h7-9H,3-6,11H2,1-2H3. The molecule has 3 atom stereocenters. The summed E-state index contributed by atoms with van der Waals surface area (Å²) in [6.45, 7) is 5.56. The van der Waals surface area contributed by atoms with Crippen molar-refractivity contribution in [3.63, 3.8) is 0 Å². The third-order valence-electron chi connectivity index (χ3n) is 4.31. The first-order valence-corrected chi connectivity index (χ1v) is 4.98. The molecule has 2 nitrogen and oxygen atoms in total. The zero-order chi connectivity index (χ0) is 8.77. The second-order valence-corrected chi connectivity index (χ2v) is 5.03. The molecule has 3 aliphatic carbocycles. The summed E-state index contributed by atoms with van der Waals surface area (Å²) < 4.78 is 0. The van der Waals surface area contributed by atoms with E-state index in [0.29, 0.717) is 5.41 Å². The molecule has 70 valence electrons. The fraction of sp³-hybridized carbons (Fsp3) is 1.00. The summed E-state index contributed by atoms with van der Waals surface area (Å²) in [5, 5.41) is 0. The summed E-state index contributed by atoms with van der Waals surface area (Å²) in [5.41, 5.74) is 0.571. The Bertz CT molecular complexity index is 175. The highest BCUT2D eigenvalue weighted by molar-refractivity contribution is 5.03. The van der Waals surface area contributed by atoms with E-state index in [2.05, 4.69) is 13.8 Å². The molecular formula is C10H19NO. The Balaban J connectivity index is 2.01. The molecular weight excluding hydrogens is 150 g/mol. The van der Waals surface area contributed by atoms with Gasteiger partial charge in [0, 0.05) is 0 Å². The van der Waals surface area contributed by atoms with Gasteiger partial charge in [-0.3, -0.25) is 0 Å². The maximum absolute atomic E-state index is 5.13. The van der Waals surface area contributed by atoms with Crippen LogP contribution in [0.1, 0.15) is 33.1 Å². The van der Waals surface area contributed by atoms with Crippen molar-refractivity contribution in [2.75, 3.05) is 6.61 Å². The van der Waals surface area contributed by atoms with E-state index in [1.54, 1.807) is 0 Å². The zero-order valence-corrected chi connectivity index (χ0v) is 8.05. The Hall–Kier alpha value is -0.0800. The second-order valence-electron chi connectivity index (χ2n) is 5.03. The molecule has 0 radical (unpaired) electrons. The zero-order valence-electron chi connectivity index (χ0n) is 8.05. The van der Waals surface area contributed by atoms with Crippen molar-refractivity contribution in [2.45, 2.75) is 33.1 Å². The third kappa shape index (κ3) is 1.01. The summed E-state index contributed by atoms with van der Waals surface area (Å²) >= 11 is 0. The summed E-state index contributed by atoms with van der Waals surface area (Å²) in [4.78, 5) is 4.77. The van der Waals surface area contributed by atoms with Crippen LogP contribution >= 0.6 is 0 Å². The van der Waals surface area contributed by atoms with E-state index >= 15 is 0 Å². The fourth-order valence-electron chi connectivity index (χ4n) is 3.29. The molecule has 0 spiro atoms. The third-order valence-corrected chi connectivity index (χ3v) is 4.31. The van der Waals surface area contributed by atoms with Gasteiger partial charge in [0.25, 0.3) is 0 Å². The quantitative estimate of drug-likeness (QED) is 0.641. The minimum atomic E-state index is 0.571. The summed E-state index contributed by atoms with van der Waals surface area (Å²) in [6, 6.07) is 0. The molecule has 2 N–H and O–H groups in total. The lowest BCUT2D eigenvalue weighted by Crippen LogP contribution is -2.53. The van der Waals surface area contributed by atoms with Gasteiger partial charge in [-0.05, 0) is 42.4 Å². The molecule has 0 aromatic heterocycles. The lowest BCUT2D eigenvalue weighted by atomic mass is 9.46. The lowest BCUT2D eigenvalue weighted by Gasteiger charge is -2.60. The predicted octanol–water partition coefficient (Wildman–Crippen LogP) is 1.95. The number of fused-ring (bicyclic) bond motifs is 2. The molecule has 3 unspecified atom stereocenters. The van der Waals surface area contributed by atoms with Gasteiger partial charge >= 0.3 is 0 Å². The highest BCUT2D eigenvalue weighted by Gasteiger charge is 2.53. The number of nitrogens with two attached hydrogens (primary N) is 1. The van der Waals surface area contributed by atoms with Gasteiger partial charge in [-0.1, -0.05) is 13.8 Å². The van der Waals surface area contributed by atoms with E-state index in [4.69, 9.17) is 10.7 Å². The Kier molecular flexibility index (Phi) is 1.92. The number of hydrogen-bond acceptors (Lipinski definition) is 2. The Morgan fingerprint density at radius 2 is 2.17 bits per heavy atom. The second kappa shape index (κ2) is 2.71. The smallest absolute Gasteiger partial charge is 0.0710 e. The van der Waals surface area contributed by atoms with Gasteiger partial charge in [0.05, 0.1) is 6.61 Å². The Morgan fingerprint density at radius 1 is 1.42 bits per heavy atom. The van der Waals surface area contributed by atoms with Gasteiger partial charge in [0.2, 0.25) is 0 Å². The molecule has 3 saturated carbocycles. The first-order valence-electron chi connectivity index (χ1n) is 4.98. The first-order chi connectivity index (χ1) is 5.66. The molecule has 3 fully saturated rings. The minimum absolute atomic E-state index is 0.571. The van der Waals surface area contributed by atoms with E-state index in [-0.39, 0.29) is 0 Å². The highest BCUT2D eigenvalue weighted by atomic mass is 16.6. The van der Waals surface area contributed by atoms with Crippen LogP contribution in [0.15, 0.2) is 0 Å². The van der Waals surface area contributed by atoms with Crippen LogP contribution < -0.4 is 5.90 Å². The average molecular weight is 169 g/mol. The highest BCUT2D eigenvalue weighted by Crippen LogP contribution is 2.61. The molecule has 3 rings (SSSR count). The van der Waals surface area contributed by atoms with E-state index in [9.17, 15) is 0 Å². The molecule has 0 saturated heterocycles. The topological polar surface area (TPSA) is 35.2 Å². The fourth-order valence-corrected chi connectivity index (χ4v) is 3.29. The van der Waals surface area contributed by atoms with E-state index in [1.807, 2.05) is 0 Å². The van der Waals surface area contributed by atoms with Crippen molar-refractivity contribution in [2.24, 2.45) is 29.1 Å². The van der Waals surface area contributed by atoms with Crippen LogP contribution in [-0.2, 0) is 4.84 Å². The molecule has 0 aromatic carbocycles. The molecule has 12 heavy (non-hydrogen) atoms. The van der Waals surface area contributed by atoms with Crippen molar-refractivity contribution >= 4 is 0 Å². The predicted molar refractivity (Wildman–Crippen MR) is 48.2 cm³/mol. The van der Waals surface area contributed by atoms with Crippen LogP contribution in [0.2, 0.25) is 0 Å². The first kappa shape index (κ1) is 8.52. The maximum Gasteiger partial charge on any atom is 0.0710 e. The van der Waals surface area contributed by atoms with Crippen molar-refractivity contribution in [1.82, 2.24) is 0 Å². The van der Waals surface area contributed by atoms with Gasteiger partial charge in [-0.15, -0.1) is 0 Å². The van der Waals surface area contributed by atoms with Crippen LogP contribution in [0, 0.1) is 23.2 Å².